The van der Waals surface area contributed by atoms with E-state index >= 15 is 0 Å². The predicted molar refractivity (Wildman–Crippen MR) is 117 cm³/mol. The maximum atomic E-state index is 13.2. The number of carbonyl (C=O) groups excluding carboxylic acids is 3. The summed E-state index contributed by atoms with van der Waals surface area (Å²) < 4.78 is 11.1. The molecule has 1 atom stereocenters. The van der Waals surface area contributed by atoms with Crippen LogP contribution in [0.2, 0.25) is 0 Å². The standard InChI is InChI=1S/C22H25N3O5S/c1-3-29-16-8-7-14(12-17(16)30-4-2)23-19(26)13-25-20(27)22(24-21(25)28)10-5-6-18-15(22)9-11-31-18/h7-9,11-12H,3-6,10,13H2,1-2H3,(H,23,26)(H,24,28)/t22-/m0/s1. The molecule has 9 heteroatoms. The molecule has 1 aliphatic heterocycles. The Bertz CT molecular complexity index is 1020. The summed E-state index contributed by atoms with van der Waals surface area (Å²) >= 11 is 1.59. The molecule has 31 heavy (non-hydrogen) atoms. The van der Waals surface area contributed by atoms with Crippen LogP contribution in [0.15, 0.2) is 29.6 Å². The van der Waals surface area contributed by atoms with Crippen molar-refractivity contribution >= 4 is 34.9 Å². The molecule has 2 aromatic rings. The van der Waals surface area contributed by atoms with Crippen LogP contribution in [0.4, 0.5) is 10.5 Å². The minimum atomic E-state index is -1.05. The van der Waals surface area contributed by atoms with Crippen LogP contribution in [0, 0.1) is 0 Å². The summed E-state index contributed by atoms with van der Waals surface area (Å²) in [7, 11) is 0. The lowest BCUT2D eigenvalue weighted by atomic mass is 9.80. The highest BCUT2D eigenvalue weighted by Gasteiger charge is 2.54. The minimum absolute atomic E-state index is 0.358. The molecule has 1 aromatic heterocycles. The molecule has 2 N–H and O–H groups in total. The van der Waals surface area contributed by atoms with Crippen LogP contribution in [-0.4, -0.2) is 42.5 Å². The van der Waals surface area contributed by atoms with E-state index in [2.05, 4.69) is 10.6 Å². The predicted octanol–water partition coefficient (Wildman–Crippen LogP) is 3.27. The normalized spacial score (nSPS) is 19.9. The lowest BCUT2D eigenvalue weighted by Crippen LogP contribution is -2.46. The molecule has 2 heterocycles. The molecule has 1 fully saturated rings. The number of urea groups is 1. The van der Waals surface area contributed by atoms with E-state index in [0.29, 0.717) is 36.8 Å². The Labute approximate surface area is 184 Å². The van der Waals surface area contributed by atoms with Gasteiger partial charge in [0.25, 0.3) is 5.91 Å². The van der Waals surface area contributed by atoms with Gasteiger partial charge in [-0.25, -0.2) is 4.79 Å². The molecule has 1 spiro atoms. The second kappa shape index (κ2) is 8.58. The van der Waals surface area contributed by atoms with Gasteiger partial charge < -0.3 is 20.1 Å². The van der Waals surface area contributed by atoms with Gasteiger partial charge in [-0.2, -0.15) is 0 Å². The first kappa shape index (κ1) is 21.2. The SMILES string of the molecule is CCOc1ccc(NC(=O)CN2C(=O)N[C@]3(CCCc4sccc43)C2=O)cc1OCC. The van der Waals surface area contributed by atoms with Gasteiger partial charge in [-0.15, -0.1) is 11.3 Å². The summed E-state index contributed by atoms with van der Waals surface area (Å²) in [6.07, 6.45) is 2.25. The maximum absolute atomic E-state index is 13.2. The number of carbonyl (C=O) groups is 3. The van der Waals surface area contributed by atoms with Crippen LogP contribution >= 0.6 is 11.3 Å². The van der Waals surface area contributed by atoms with Crippen molar-refractivity contribution in [1.82, 2.24) is 10.2 Å². The number of aryl methyl sites for hydroxylation is 1. The largest absolute Gasteiger partial charge is 0.490 e. The molecular formula is C22H25N3O5S. The molecule has 0 unspecified atom stereocenters. The average molecular weight is 444 g/mol. The molecule has 0 saturated carbocycles. The van der Waals surface area contributed by atoms with Crippen molar-refractivity contribution in [2.24, 2.45) is 0 Å². The van der Waals surface area contributed by atoms with E-state index in [1.165, 1.54) is 0 Å². The number of amides is 4. The molecule has 4 rings (SSSR count). The van der Waals surface area contributed by atoms with Crippen LogP contribution in [0.3, 0.4) is 0 Å². The molecule has 0 radical (unpaired) electrons. The number of hydrogen-bond acceptors (Lipinski definition) is 6. The van der Waals surface area contributed by atoms with Crippen LogP contribution in [0.25, 0.3) is 0 Å². The average Bonchev–Trinajstić information content (AvgIpc) is 3.31. The molecule has 8 nitrogen and oxygen atoms in total. The second-order valence-electron chi connectivity index (χ2n) is 7.41. The fourth-order valence-electron chi connectivity index (χ4n) is 4.16. The number of ether oxygens (including phenoxy) is 2. The fourth-order valence-corrected chi connectivity index (χ4v) is 5.16. The van der Waals surface area contributed by atoms with Gasteiger partial charge in [0.1, 0.15) is 12.1 Å². The maximum Gasteiger partial charge on any atom is 0.325 e. The highest BCUT2D eigenvalue weighted by atomic mass is 32.1. The Balaban J connectivity index is 1.48. The van der Waals surface area contributed by atoms with E-state index in [4.69, 9.17) is 9.47 Å². The molecule has 1 saturated heterocycles. The van der Waals surface area contributed by atoms with E-state index in [1.807, 2.05) is 25.3 Å². The van der Waals surface area contributed by atoms with Crippen molar-refractivity contribution in [3.05, 3.63) is 40.1 Å². The zero-order chi connectivity index (χ0) is 22.0. The molecule has 0 bridgehead atoms. The number of rotatable bonds is 7. The Morgan fingerprint density at radius 2 is 1.97 bits per heavy atom. The zero-order valence-corrected chi connectivity index (χ0v) is 18.3. The van der Waals surface area contributed by atoms with E-state index < -0.39 is 17.5 Å². The molecule has 164 valence electrons. The van der Waals surface area contributed by atoms with Crippen molar-refractivity contribution in [2.45, 2.75) is 38.6 Å². The van der Waals surface area contributed by atoms with E-state index in [9.17, 15) is 14.4 Å². The quantitative estimate of drug-likeness (QED) is 0.640. The van der Waals surface area contributed by atoms with Crippen molar-refractivity contribution in [1.29, 1.82) is 0 Å². The summed E-state index contributed by atoms with van der Waals surface area (Å²) in [5.74, 6) is 0.271. The van der Waals surface area contributed by atoms with Gasteiger partial charge in [0.15, 0.2) is 11.5 Å². The summed E-state index contributed by atoms with van der Waals surface area (Å²) in [6, 6.07) is 6.43. The van der Waals surface area contributed by atoms with Crippen molar-refractivity contribution in [3.8, 4) is 11.5 Å². The first-order valence-corrected chi connectivity index (χ1v) is 11.3. The topological polar surface area (TPSA) is 97.0 Å². The number of nitrogens with zero attached hydrogens (tertiary/aromatic N) is 1. The van der Waals surface area contributed by atoms with Gasteiger partial charge in [-0.05, 0) is 56.7 Å². The van der Waals surface area contributed by atoms with Gasteiger partial charge in [0.2, 0.25) is 5.91 Å². The lowest BCUT2D eigenvalue weighted by molar-refractivity contribution is -0.134. The van der Waals surface area contributed by atoms with Gasteiger partial charge in [-0.1, -0.05) is 0 Å². The summed E-state index contributed by atoms with van der Waals surface area (Å²) in [4.78, 5) is 40.6. The first-order valence-electron chi connectivity index (χ1n) is 10.4. The molecule has 4 amide bonds. The van der Waals surface area contributed by atoms with Crippen molar-refractivity contribution in [2.75, 3.05) is 25.1 Å². The number of nitrogens with one attached hydrogen (secondary N) is 2. The Morgan fingerprint density at radius 1 is 1.19 bits per heavy atom. The van der Waals surface area contributed by atoms with Crippen LogP contribution < -0.4 is 20.1 Å². The molecular weight excluding hydrogens is 418 g/mol. The Hall–Kier alpha value is -3.07. The molecule has 1 aromatic carbocycles. The van der Waals surface area contributed by atoms with E-state index in [1.54, 1.807) is 29.5 Å². The molecule has 1 aliphatic carbocycles. The smallest absolute Gasteiger partial charge is 0.325 e. The van der Waals surface area contributed by atoms with E-state index in [-0.39, 0.29) is 12.5 Å². The highest BCUT2D eigenvalue weighted by Crippen LogP contribution is 2.42. The third-order valence-corrected chi connectivity index (χ3v) is 6.45. The minimum Gasteiger partial charge on any atom is -0.490 e. The highest BCUT2D eigenvalue weighted by molar-refractivity contribution is 7.10. The number of imide groups is 1. The first-order chi connectivity index (χ1) is 15.0. The fraction of sp³-hybridized carbons (Fsp3) is 0.409. The van der Waals surface area contributed by atoms with Gasteiger partial charge >= 0.3 is 6.03 Å². The number of thiophene rings is 1. The van der Waals surface area contributed by atoms with Crippen molar-refractivity contribution in [3.63, 3.8) is 0 Å². The van der Waals surface area contributed by atoms with Crippen LogP contribution in [0.1, 0.15) is 37.1 Å². The summed E-state index contributed by atoms with van der Waals surface area (Å²) in [6.45, 7) is 4.32. The molecule has 2 aliphatic rings. The number of anilines is 1. The van der Waals surface area contributed by atoms with Crippen LogP contribution in [0.5, 0.6) is 11.5 Å². The third-order valence-electron chi connectivity index (χ3n) is 5.47. The monoisotopic (exact) mass is 443 g/mol. The summed E-state index contributed by atoms with van der Waals surface area (Å²) in [5, 5.41) is 7.53. The Kier molecular flexibility index (Phi) is 5.86. The van der Waals surface area contributed by atoms with E-state index in [0.717, 1.165) is 28.2 Å². The Morgan fingerprint density at radius 3 is 2.74 bits per heavy atom. The lowest BCUT2D eigenvalue weighted by Gasteiger charge is -2.31. The number of benzene rings is 1. The van der Waals surface area contributed by atoms with Crippen molar-refractivity contribution < 1.29 is 23.9 Å². The second-order valence-corrected chi connectivity index (χ2v) is 8.41. The van der Waals surface area contributed by atoms with Gasteiger partial charge in [-0.3, -0.25) is 14.5 Å². The van der Waals surface area contributed by atoms with Gasteiger partial charge in [0, 0.05) is 22.2 Å². The van der Waals surface area contributed by atoms with Crippen LogP contribution in [-0.2, 0) is 21.5 Å². The number of fused-ring (bicyclic) bond motifs is 2. The number of hydrogen-bond donors (Lipinski definition) is 2. The zero-order valence-electron chi connectivity index (χ0n) is 17.5. The summed E-state index contributed by atoms with van der Waals surface area (Å²) in [5.41, 5.74) is 0.306. The third kappa shape index (κ3) is 3.85. The van der Waals surface area contributed by atoms with Gasteiger partial charge in [0.05, 0.1) is 13.2 Å².